The van der Waals surface area contributed by atoms with Crippen molar-refractivity contribution in [3.8, 4) is 0 Å². The van der Waals surface area contributed by atoms with Gasteiger partial charge >= 0.3 is 0 Å². The number of nitrogens with zero attached hydrogens (tertiary/aromatic N) is 2. The Morgan fingerprint density at radius 1 is 0.848 bits per heavy atom. The number of hydrogen-bond acceptors (Lipinski definition) is 4. The molecule has 0 saturated carbocycles. The van der Waals surface area contributed by atoms with Gasteiger partial charge in [0.25, 0.3) is 10.0 Å². The van der Waals surface area contributed by atoms with Crippen LogP contribution in [0.25, 0.3) is 0 Å². The Labute approximate surface area is 282 Å². The summed E-state index contributed by atoms with van der Waals surface area (Å²) in [5, 5.41) is 3.74. The van der Waals surface area contributed by atoms with E-state index in [1.165, 1.54) is 17.0 Å². The van der Waals surface area contributed by atoms with E-state index in [9.17, 15) is 18.0 Å². The molecule has 0 aromatic heterocycles. The van der Waals surface area contributed by atoms with Crippen LogP contribution in [0.1, 0.15) is 36.1 Å². The Hall–Kier alpha value is -3.85. The molecule has 1 atom stereocenters. The number of carbonyl (C=O) groups excluding carboxylic acids is 2. The second-order valence-corrected chi connectivity index (χ2v) is 14.4. The number of amides is 2. The zero-order chi connectivity index (χ0) is 33.4. The number of nitrogens with one attached hydrogen (secondary N) is 1. The first kappa shape index (κ1) is 35.0. The van der Waals surface area contributed by atoms with Crippen LogP contribution < -0.4 is 9.62 Å². The largest absolute Gasteiger partial charge is 0.354 e. The summed E-state index contributed by atoms with van der Waals surface area (Å²) < 4.78 is 29.5. The topological polar surface area (TPSA) is 86.8 Å². The summed E-state index contributed by atoms with van der Waals surface area (Å²) in [4.78, 5) is 30.0. The highest BCUT2D eigenvalue weighted by Crippen LogP contribution is 2.29. The highest BCUT2D eigenvalue weighted by Gasteiger charge is 2.35. The maximum absolute atomic E-state index is 14.6. The standard InChI is InChI=1S/C36H39Cl2N3O4S/c1-25(2)22-39-36(43)34(20-28-11-7-5-8-12-28)40(23-29-16-17-30(37)21-32(29)38)35(42)24-41(33-18-15-26(3)19-27(33)4)46(44,45)31-13-9-6-10-14-31/h5-19,21,25,34H,20,22-24H2,1-4H3,(H,39,43). The molecule has 0 heterocycles. The van der Waals surface area contributed by atoms with E-state index in [0.29, 0.717) is 33.4 Å². The van der Waals surface area contributed by atoms with Gasteiger partial charge < -0.3 is 10.2 Å². The normalized spacial score (nSPS) is 12.1. The van der Waals surface area contributed by atoms with Gasteiger partial charge in [-0.2, -0.15) is 0 Å². The Balaban J connectivity index is 1.84. The van der Waals surface area contributed by atoms with Gasteiger partial charge in [0, 0.05) is 29.6 Å². The Morgan fingerprint density at radius 2 is 1.50 bits per heavy atom. The minimum atomic E-state index is -4.19. The molecule has 0 aliphatic rings. The summed E-state index contributed by atoms with van der Waals surface area (Å²) in [6.07, 6.45) is 0.205. The van der Waals surface area contributed by atoms with Gasteiger partial charge in [0.2, 0.25) is 11.8 Å². The molecule has 1 unspecified atom stereocenters. The van der Waals surface area contributed by atoms with Crippen LogP contribution in [0.4, 0.5) is 5.69 Å². The van der Waals surface area contributed by atoms with Crippen LogP contribution >= 0.6 is 23.2 Å². The zero-order valence-corrected chi connectivity index (χ0v) is 28.7. The second kappa shape index (κ2) is 15.6. The van der Waals surface area contributed by atoms with Gasteiger partial charge in [-0.25, -0.2) is 8.42 Å². The summed E-state index contributed by atoms with van der Waals surface area (Å²) in [6.45, 7) is 7.51. The Morgan fingerprint density at radius 3 is 2.11 bits per heavy atom. The molecule has 0 bridgehead atoms. The number of hydrogen-bond donors (Lipinski definition) is 1. The fourth-order valence-electron chi connectivity index (χ4n) is 5.13. The monoisotopic (exact) mass is 679 g/mol. The fourth-order valence-corrected chi connectivity index (χ4v) is 7.10. The molecule has 1 N–H and O–H groups in total. The number of aryl methyl sites for hydroxylation is 2. The SMILES string of the molecule is Cc1ccc(N(CC(=O)N(Cc2ccc(Cl)cc2Cl)C(Cc2ccccc2)C(=O)NCC(C)C)S(=O)(=O)c2ccccc2)c(C)c1. The summed E-state index contributed by atoms with van der Waals surface area (Å²) >= 11 is 12.8. The van der Waals surface area contributed by atoms with E-state index in [1.54, 1.807) is 42.5 Å². The lowest BCUT2D eigenvalue weighted by atomic mass is 10.0. The maximum Gasteiger partial charge on any atom is 0.264 e. The van der Waals surface area contributed by atoms with Crippen LogP contribution in [0, 0.1) is 19.8 Å². The molecule has 0 saturated heterocycles. The molecule has 10 heteroatoms. The number of benzene rings is 4. The average Bonchev–Trinajstić information content (AvgIpc) is 3.02. The first-order valence-corrected chi connectivity index (χ1v) is 17.3. The smallest absolute Gasteiger partial charge is 0.264 e. The quantitative estimate of drug-likeness (QED) is 0.162. The number of rotatable bonds is 13. The highest BCUT2D eigenvalue weighted by molar-refractivity contribution is 7.92. The summed E-state index contributed by atoms with van der Waals surface area (Å²) in [6, 6.07) is 26.8. The number of carbonyl (C=O) groups is 2. The van der Waals surface area contributed by atoms with Crippen LogP contribution in [0.15, 0.2) is 102 Å². The van der Waals surface area contributed by atoms with E-state index in [2.05, 4.69) is 5.32 Å². The first-order chi connectivity index (χ1) is 21.9. The molecule has 0 radical (unpaired) electrons. The molecule has 7 nitrogen and oxygen atoms in total. The molecule has 242 valence electrons. The van der Waals surface area contributed by atoms with E-state index in [-0.39, 0.29) is 29.7 Å². The van der Waals surface area contributed by atoms with Crippen molar-refractivity contribution < 1.29 is 18.0 Å². The van der Waals surface area contributed by atoms with Crippen molar-refractivity contribution >= 4 is 50.7 Å². The van der Waals surface area contributed by atoms with Gasteiger partial charge in [0.15, 0.2) is 0 Å². The zero-order valence-electron chi connectivity index (χ0n) is 26.4. The van der Waals surface area contributed by atoms with Crippen LogP contribution in [-0.2, 0) is 32.6 Å². The van der Waals surface area contributed by atoms with Gasteiger partial charge in [0.1, 0.15) is 12.6 Å². The predicted octanol–water partition coefficient (Wildman–Crippen LogP) is 7.22. The van der Waals surface area contributed by atoms with Crippen LogP contribution in [0.5, 0.6) is 0 Å². The molecule has 4 aromatic rings. The second-order valence-electron chi connectivity index (χ2n) is 11.7. The van der Waals surface area contributed by atoms with Crippen LogP contribution in [0.2, 0.25) is 10.0 Å². The third kappa shape index (κ3) is 8.90. The lowest BCUT2D eigenvalue weighted by molar-refractivity contribution is -0.140. The van der Waals surface area contributed by atoms with Gasteiger partial charge in [-0.3, -0.25) is 13.9 Å². The average molecular weight is 681 g/mol. The van der Waals surface area contributed by atoms with E-state index in [1.807, 2.05) is 70.2 Å². The van der Waals surface area contributed by atoms with Crippen molar-refractivity contribution in [1.29, 1.82) is 0 Å². The van der Waals surface area contributed by atoms with Gasteiger partial charge in [-0.1, -0.05) is 109 Å². The summed E-state index contributed by atoms with van der Waals surface area (Å²) in [7, 11) is -4.19. The lowest BCUT2D eigenvalue weighted by Gasteiger charge is -2.34. The number of anilines is 1. The highest BCUT2D eigenvalue weighted by atomic mass is 35.5. The molecule has 0 aliphatic carbocycles. The van der Waals surface area contributed by atoms with Gasteiger partial charge in [0.05, 0.1) is 10.6 Å². The molecule has 0 aliphatic heterocycles. The number of halogens is 2. The van der Waals surface area contributed by atoms with Crippen molar-refractivity contribution in [3.05, 3.63) is 129 Å². The molecule has 0 fully saturated rings. The van der Waals surface area contributed by atoms with Gasteiger partial charge in [-0.15, -0.1) is 0 Å². The van der Waals surface area contributed by atoms with Crippen molar-refractivity contribution in [2.24, 2.45) is 5.92 Å². The minimum Gasteiger partial charge on any atom is -0.354 e. The summed E-state index contributed by atoms with van der Waals surface area (Å²) in [5.41, 5.74) is 3.42. The molecule has 0 spiro atoms. The van der Waals surface area contributed by atoms with E-state index >= 15 is 0 Å². The molecule has 2 amide bonds. The van der Waals surface area contributed by atoms with Crippen LogP contribution in [0.3, 0.4) is 0 Å². The number of sulfonamides is 1. The fraction of sp³-hybridized carbons (Fsp3) is 0.278. The third-order valence-electron chi connectivity index (χ3n) is 7.54. The Kier molecular flexibility index (Phi) is 11.9. The third-order valence-corrected chi connectivity index (χ3v) is 9.90. The van der Waals surface area contributed by atoms with Crippen molar-refractivity contribution in [2.75, 3.05) is 17.4 Å². The lowest BCUT2D eigenvalue weighted by Crippen LogP contribution is -2.53. The van der Waals surface area contributed by atoms with Crippen molar-refractivity contribution in [1.82, 2.24) is 10.2 Å². The minimum absolute atomic E-state index is 0.0468. The summed E-state index contributed by atoms with van der Waals surface area (Å²) in [5.74, 6) is -0.738. The van der Waals surface area contributed by atoms with Crippen molar-refractivity contribution in [2.45, 2.75) is 51.6 Å². The predicted molar refractivity (Wildman–Crippen MR) is 186 cm³/mol. The molecular formula is C36H39Cl2N3O4S. The Bertz CT molecular complexity index is 1770. The van der Waals surface area contributed by atoms with E-state index < -0.39 is 28.5 Å². The molecule has 4 aromatic carbocycles. The van der Waals surface area contributed by atoms with Gasteiger partial charge in [-0.05, 0) is 66.8 Å². The first-order valence-electron chi connectivity index (χ1n) is 15.1. The molecule has 46 heavy (non-hydrogen) atoms. The van der Waals surface area contributed by atoms with Crippen molar-refractivity contribution in [3.63, 3.8) is 0 Å². The van der Waals surface area contributed by atoms with E-state index in [0.717, 1.165) is 15.4 Å². The molecular weight excluding hydrogens is 641 g/mol. The molecule has 4 rings (SSSR count). The van der Waals surface area contributed by atoms with E-state index in [4.69, 9.17) is 23.2 Å². The van der Waals surface area contributed by atoms with Crippen LogP contribution in [-0.4, -0.2) is 44.3 Å². The maximum atomic E-state index is 14.6.